The van der Waals surface area contributed by atoms with Gasteiger partial charge in [0.2, 0.25) is 15.9 Å². The molecule has 170 valence electrons. The number of para-hydroxylation sites is 1. The molecule has 2 aromatic carbocycles. The first kappa shape index (κ1) is 24.7. The van der Waals surface area contributed by atoms with E-state index in [1.165, 1.54) is 10.6 Å². The van der Waals surface area contributed by atoms with E-state index in [2.05, 4.69) is 5.32 Å². The van der Waals surface area contributed by atoms with Gasteiger partial charge < -0.3 is 10.1 Å². The SMILES string of the molecule is CCOc1ccccc1CCCNC(=O)CCCN(c1cc(C)cc(C)c1)S(C)(=O)=O. The van der Waals surface area contributed by atoms with Gasteiger partial charge in [-0.1, -0.05) is 24.3 Å². The maximum Gasteiger partial charge on any atom is 0.232 e. The summed E-state index contributed by atoms with van der Waals surface area (Å²) < 4.78 is 31.5. The molecule has 1 N–H and O–H groups in total. The minimum atomic E-state index is -3.42. The van der Waals surface area contributed by atoms with Gasteiger partial charge in [-0.3, -0.25) is 9.10 Å². The lowest BCUT2D eigenvalue weighted by Gasteiger charge is -2.23. The van der Waals surface area contributed by atoms with Crippen LogP contribution in [0.5, 0.6) is 5.75 Å². The lowest BCUT2D eigenvalue weighted by atomic mass is 10.1. The van der Waals surface area contributed by atoms with Crippen LogP contribution in [0.1, 0.15) is 42.9 Å². The molecule has 0 aromatic heterocycles. The first-order valence-corrected chi connectivity index (χ1v) is 12.6. The molecule has 2 rings (SSSR count). The molecule has 0 bridgehead atoms. The number of rotatable bonds is 12. The van der Waals surface area contributed by atoms with Crippen molar-refractivity contribution in [2.75, 3.05) is 30.3 Å². The molecule has 0 spiro atoms. The Bertz CT molecular complexity index is 953. The number of nitrogens with one attached hydrogen (secondary N) is 1. The molecule has 0 saturated heterocycles. The lowest BCUT2D eigenvalue weighted by Crippen LogP contribution is -2.32. The molecule has 0 radical (unpaired) electrons. The molecule has 0 aliphatic heterocycles. The molecule has 0 fully saturated rings. The number of amides is 1. The Morgan fingerprint density at radius 3 is 2.39 bits per heavy atom. The van der Waals surface area contributed by atoms with E-state index in [4.69, 9.17) is 4.74 Å². The molecule has 0 heterocycles. The number of nitrogens with zero attached hydrogens (tertiary/aromatic N) is 1. The van der Waals surface area contributed by atoms with Crippen LogP contribution in [-0.2, 0) is 21.2 Å². The van der Waals surface area contributed by atoms with Crippen LogP contribution in [0, 0.1) is 13.8 Å². The van der Waals surface area contributed by atoms with E-state index in [1.54, 1.807) is 0 Å². The predicted molar refractivity (Wildman–Crippen MR) is 126 cm³/mol. The molecule has 0 aliphatic rings. The third-order valence-corrected chi connectivity index (χ3v) is 6.07. The van der Waals surface area contributed by atoms with Crippen molar-refractivity contribution in [3.05, 3.63) is 59.2 Å². The smallest absolute Gasteiger partial charge is 0.232 e. The van der Waals surface area contributed by atoms with E-state index < -0.39 is 10.0 Å². The van der Waals surface area contributed by atoms with Crippen LogP contribution < -0.4 is 14.4 Å². The fraction of sp³-hybridized carbons (Fsp3) is 0.458. The van der Waals surface area contributed by atoms with Crippen molar-refractivity contribution >= 4 is 21.6 Å². The first-order chi connectivity index (χ1) is 14.7. The van der Waals surface area contributed by atoms with Crippen LogP contribution in [0.3, 0.4) is 0 Å². The number of benzene rings is 2. The standard InChI is InChI=1S/C24H34N2O4S/c1-5-30-23-12-7-6-10-21(23)11-8-14-25-24(27)13-9-15-26(31(4,28)29)22-17-19(2)16-20(3)18-22/h6-7,10,12,16-18H,5,8-9,11,13-15H2,1-4H3,(H,25,27). The molecule has 7 heteroatoms. The third-order valence-electron chi connectivity index (χ3n) is 4.88. The number of carbonyl (C=O) groups excluding carboxylic acids is 1. The van der Waals surface area contributed by atoms with Gasteiger partial charge in [0, 0.05) is 19.5 Å². The average molecular weight is 447 g/mol. The van der Waals surface area contributed by atoms with Crippen LogP contribution in [-0.4, -0.2) is 40.3 Å². The van der Waals surface area contributed by atoms with Gasteiger partial charge in [-0.25, -0.2) is 8.42 Å². The zero-order valence-corrected chi connectivity index (χ0v) is 19.8. The van der Waals surface area contributed by atoms with E-state index >= 15 is 0 Å². The van der Waals surface area contributed by atoms with E-state index in [-0.39, 0.29) is 18.9 Å². The number of anilines is 1. The largest absolute Gasteiger partial charge is 0.494 e. The Kier molecular flexibility index (Phi) is 9.37. The highest BCUT2D eigenvalue weighted by molar-refractivity contribution is 7.92. The van der Waals surface area contributed by atoms with Crippen molar-refractivity contribution in [1.29, 1.82) is 0 Å². The number of ether oxygens (including phenoxy) is 1. The molecule has 1 amide bonds. The van der Waals surface area contributed by atoms with Crippen molar-refractivity contribution < 1.29 is 17.9 Å². The summed E-state index contributed by atoms with van der Waals surface area (Å²) in [5.74, 6) is 0.829. The molecule has 2 aromatic rings. The van der Waals surface area contributed by atoms with Crippen molar-refractivity contribution in [3.63, 3.8) is 0 Å². The van der Waals surface area contributed by atoms with E-state index in [1.807, 2.05) is 63.2 Å². The van der Waals surface area contributed by atoms with Gasteiger partial charge in [0.05, 0.1) is 18.6 Å². The van der Waals surface area contributed by atoms with Crippen LogP contribution in [0.25, 0.3) is 0 Å². The number of hydrogen-bond donors (Lipinski definition) is 1. The summed E-state index contributed by atoms with van der Waals surface area (Å²) in [4.78, 5) is 12.2. The third kappa shape index (κ3) is 8.25. The zero-order chi connectivity index (χ0) is 22.9. The van der Waals surface area contributed by atoms with Gasteiger partial charge in [0.25, 0.3) is 0 Å². The fourth-order valence-electron chi connectivity index (χ4n) is 3.57. The summed E-state index contributed by atoms with van der Waals surface area (Å²) in [6, 6.07) is 13.7. The van der Waals surface area contributed by atoms with Gasteiger partial charge >= 0.3 is 0 Å². The van der Waals surface area contributed by atoms with Crippen LogP contribution in [0.2, 0.25) is 0 Å². The van der Waals surface area contributed by atoms with Crippen LogP contribution in [0.15, 0.2) is 42.5 Å². The zero-order valence-electron chi connectivity index (χ0n) is 19.0. The second-order valence-corrected chi connectivity index (χ2v) is 9.69. The number of carbonyl (C=O) groups is 1. The summed E-state index contributed by atoms with van der Waals surface area (Å²) >= 11 is 0. The molecular weight excluding hydrogens is 412 g/mol. The number of hydrogen-bond acceptors (Lipinski definition) is 4. The summed E-state index contributed by atoms with van der Waals surface area (Å²) in [5, 5.41) is 2.93. The Hall–Kier alpha value is -2.54. The molecule has 0 unspecified atom stereocenters. The minimum Gasteiger partial charge on any atom is -0.494 e. The normalized spacial score (nSPS) is 11.2. The van der Waals surface area contributed by atoms with Crippen LogP contribution >= 0.6 is 0 Å². The molecule has 6 nitrogen and oxygen atoms in total. The summed E-state index contributed by atoms with van der Waals surface area (Å²) in [6.45, 7) is 7.32. The minimum absolute atomic E-state index is 0.0630. The molecule has 0 saturated carbocycles. The van der Waals surface area contributed by atoms with Gasteiger partial charge in [-0.05, 0) is 74.9 Å². The predicted octanol–water partition coefficient (Wildman–Crippen LogP) is 4.00. The maximum atomic E-state index is 12.3. The Labute approximate surface area is 186 Å². The van der Waals surface area contributed by atoms with Crippen molar-refractivity contribution in [1.82, 2.24) is 5.32 Å². The van der Waals surface area contributed by atoms with Gasteiger partial charge in [0.1, 0.15) is 5.75 Å². The Balaban J connectivity index is 1.80. The number of aryl methyl sites for hydroxylation is 3. The topological polar surface area (TPSA) is 75.7 Å². The van der Waals surface area contributed by atoms with Gasteiger partial charge in [0.15, 0.2) is 0 Å². The van der Waals surface area contributed by atoms with E-state index in [9.17, 15) is 13.2 Å². The van der Waals surface area contributed by atoms with Gasteiger partial charge in [-0.15, -0.1) is 0 Å². The summed E-state index contributed by atoms with van der Waals surface area (Å²) in [5.41, 5.74) is 3.80. The maximum absolute atomic E-state index is 12.3. The molecule has 0 aliphatic carbocycles. The number of sulfonamides is 1. The first-order valence-electron chi connectivity index (χ1n) is 10.7. The fourth-order valence-corrected chi connectivity index (χ4v) is 4.52. The van der Waals surface area contributed by atoms with E-state index in [0.29, 0.717) is 25.3 Å². The monoisotopic (exact) mass is 446 g/mol. The molecule has 31 heavy (non-hydrogen) atoms. The van der Waals surface area contributed by atoms with Gasteiger partial charge in [-0.2, -0.15) is 0 Å². The molecular formula is C24H34N2O4S. The summed E-state index contributed by atoms with van der Waals surface area (Å²) in [6.07, 6.45) is 3.58. The van der Waals surface area contributed by atoms with Crippen molar-refractivity contribution in [2.45, 2.75) is 46.5 Å². The van der Waals surface area contributed by atoms with Crippen molar-refractivity contribution in [2.24, 2.45) is 0 Å². The highest BCUT2D eigenvalue weighted by Crippen LogP contribution is 2.22. The van der Waals surface area contributed by atoms with Crippen LogP contribution in [0.4, 0.5) is 5.69 Å². The lowest BCUT2D eigenvalue weighted by molar-refractivity contribution is -0.121. The Morgan fingerprint density at radius 1 is 1.06 bits per heavy atom. The highest BCUT2D eigenvalue weighted by atomic mass is 32.2. The highest BCUT2D eigenvalue weighted by Gasteiger charge is 2.18. The van der Waals surface area contributed by atoms with E-state index in [0.717, 1.165) is 35.3 Å². The quantitative estimate of drug-likeness (QED) is 0.500. The average Bonchev–Trinajstić information content (AvgIpc) is 2.68. The second kappa shape index (κ2) is 11.7. The second-order valence-electron chi connectivity index (χ2n) is 7.78. The molecule has 0 atom stereocenters. The Morgan fingerprint density at radius 2 is 1.74 bits per heavy atom. The summed E-state index contributed by atoms with van der Waals surface area (Å²) in [7, 11) is -3.42. The van der Waals surface area contributed by atoms with Crippen molar-refractivity contribution in [3.8, 4) is 5.75 Å².